The van der Waals surface area contributed by atoms with E-state index in [9.17, 15) is 0 Å². The molecule has 0 bridgehead atoms. The molecule has 0 saturated carbocycles. The maximum absolute atomic E-state index is 5.79. The number of hydrogen-bond acceptors (Lipinski definition) is 5. The first-order chi connectivity index (χ1) is 9.38. The Morgan fingerprint density at radius 2 is 1.74 bits per heavy atom. The van der Waals surface area contributed by atoms with Crippen LogP contribution in [0.2, 0.25) is 0 Å². The second-order valence-electron chi connectivity index (χ2n) is 3.68. The number of nitrogens with zero attached hydrogens (tertiary/aromatic N) is 1. The third-order valence-electron chi connectivity index (χ3n) is 2.30. The van der Waals surface area contributed by atoms with Gasteiger partial charge < -0.3 is 18.9 Å². The molecule has 0 radical (unpaired) electrons. The van der Waals surface area contributed by atoms with Crippen LogP contribution >= 0.6 is 11.6 Å². The molecule has 0 N–H and O–H groups in total. The van der Waals surface area contributed by atoms with E-state index in [1.54, 1.807) is 19.5 Å². The minimum absolute atomic E-state index is 0.409. The molecule has 19 heavy (non-hydrogen) atoms. The van der Waals surface area contributed by atoms with Crippen LogP contribution in [0.1, 0.15) is 5.56 Å². The molecule has 1 aromatic heterocycles. The molecular formula is C13H20ClNO4. The van der Waals surface area contributed by atoms with E-state index in [1.807, 2.05) is 6.07 Å². The highest BCUT2D eigenvalue weighted by Gasteiger charge is 2.01. The Balaban J connectivity index is 2.01. The molecule has 1 aromatic rings. The van der Waals surface area contributed by atoms with E-state index in [1.165, 1.54) is 0 Å². The van der Waals surface area contributed by atoms with Gasteiger partial charge in [-0.25, -0.2) is 0 Å². The summed E-state index contributed by atoms with van der Waals surface area (Å²) < 4.78 is 21.0. The molecule has 0 aliphatic rings. The van der Waals surface area contributed by atoms with E-state index in [2.05, 4.69) is 4.98 Å². The number of rotatable bonds is 11. The zero-order valence-corrected chi connectivity index (χ0v) is 11.9. The Morgan fingerprint density at radius 3 is 2.42 bits per heavy atom. The van der Waals surface area contributed by atoms with Gasteiger partial charge in [0.15, 0.2) is 0 Å². The second-order valence-corrected chi connectivity index (χ2v) is 3.95. The Hall–Kier alpha value is -0.880. The van der Waals surface area contributed by atoms with Gasteiger partial charge in [-0.3, -0.25) is 4.98 Å². The van der Waals surface area contributed by atoms with Gasteiger partial charge in [0.25, 0.3) is 0 Å². The Bertz CT molecular complexity index is 338. The van der Waals surface area contributed by atoms with Crippen molar-refractivity contribution in [3.05, 3.63) is 24.0 Å². The molecule has 0 aliphatic heterocycles. The van der Waals surface area contributed by atoms with Crippen LogP contribution in [0.4, 0.5) is 0 Å². The summed E-state index contributed by atoms with van der Waals surface area (Å²) in [6.45, 7) is 3.26. The van der Waals surface area contributed by atoms with Crippen molar-refractivity contribution in [2.75, 3.05) is 46.8 Å². The molecular weight excluding hydrogens is 270 g/mol. The smallest absolute Gasteiger partial charge is 0.142 e. The highest BCUT2D eigenvalue weighted by atomic mass is 35.5. The van der Waals surface area contributed by atoms with Gasteiger partial charge in [-0.15, -0.1) is 11.6 Å². The fourth-order valence-corrected chi connectivity index (χ4v) is 1.54. The maximum atomic E-state index is 5.79. The lowest BCUT2D eigenvalue weighted by Gasteiger charge is -2.09. The molecule has 1 heterocycles. The maximum Gasteiger partial charge on any atom is 0.142 e. The Labute approximate surface area is 118 Å². The van der Waals surface area contributed by atoms with Crippen LogP contribution in [0.25, 0.3) is 0 Å². The fraction of sp³-hybridized carbons (Fsp3) is 0.615. The Morgan fingerprint density at radius 1 is 1.05 bits per heavy atom. The van der Waals surface area contributed by atoms with E-state index in [4.69, 9.17) is 30.5 Å². The first-order valence-corrected chi connectivity index (χ1v) is 6.68. The molecule has 0 unspecified atom stereocenters. The van der Waals surface area contributed by atoms with Gasteiger partial charge in [0.1, 0.15) is 12.4 Å². The van der Waals surface area contributed by atoms with E-state index >= 15 is 0 Å². The lowest BCUT2D eigenvalue weighted by Crippen LogP contribution is -2.12. The van der Waals surface area contributed by atoms with E-state index in [-0.39, 0.29) is 0 Å². The molecule has 0 spiro atoms. The molecule has 0 amide bonds. The van der Waals surface area contributed by atoms with Crippen LogP contribution in [0.3, 0.4) is 0 Å². The van der Waals surface area contributed by atoms with Crippen molar-refractivity contribution in [2.24, 2.45) is 0 Å². The molecule has 5 nitrogen and oxygen atoms in total. The number of pyridine rings is 1. The van der Waals surface area contributed by atoms with Crippen molar-refractivity contribution in [1.29, 1.82) is 0 Å². The summed E-state index contributed by atoms with van der Waals surface area (Å²) in [7, 11) is 1.64. The minimum Gasteiger partial charge on any atom is -0.489 e. The highest BCUT2D eigenvalue weighted by Crippen LogP contribution is 2.17. The average molecular weight is 290 g/mol. The lowest BCUT2D eigenvalue weighted by molar-refractivity contribution is 0.0179. The topological polar surface area (TPSA) is 49.8 Å². The van der Waals surface area contributed by atoms with Crippen LogP contribution in [0, 0.1) is 0 Å². The van der Waals surface area contributed by atoms with Crippen molar-refractivity contribution in [3.8, 4) is 5.75 Å². The summed E-state index contributed by atoms with van der Waals surface area (Å²) in [6, 6.07) is 1.84. The van der Waals surface area contributed by atoms with E-state index in [0.29, 0.717) is 51.3 Å². The fourth-order valence-electron chi connectivity index (χ4n) is 1.32. The zero-order chi connectivity index (χ0) is 13.8. The quantitative estimate of drug-likeness (QED) is 0.460. The van der Waals surface area contributed by atoms with Crippen LogP contribution in [-0.4, -0.2) is 51.7 Å². The standard InChI is InChI=1S/C13H20ClNO4/c1-16-4-5-17-6-7-18-8-9-19-13-11-15-3-2-12(13)10-14/h2-3,11H,4-10H2,1H3. The van der Waals surface area contributed by atoms with Gasteiger partial charge in [0.05, 0.1) is 45.1 Å². The summed E-state index contributed by atoms with van der Waals surface area (Å²) in [4.78, 5) is 3.99. The molecule has 0 fully saturated rings. The van der Waals surface area contributed by atoms with Crippen molar-refractivity contribution in [2.45, 2.75) is 5.88 Å². The van der Waals surface area contributed by atoms with E-state index < -0.39 is 0 Å². The summed E-state index contributed by atoms with van der Waals surface area (Å²) in [5.41, 5.74) is 0.930. The molecule has 0 aliphatic carbocycles. The first-order valence-electron chi connectivity index (χ1n) is 6.14. The monoisotopic (exact) mass is 289 g/mol. The minimum atomic E-state index is 0.409. The molecule has 0 atom stereocenters. The number of ether oxygens (including phenoxy) is 4. The summed E-state index contributed by atoms with van der Waals surface area (Å²) in [5, 5.41) is 0. The molecule has 6 heteroatoms. The molecule has 0 aromatic carbocycles. The van der Waals surface area contributed by atoms with Gasteiger partial charge >= 0.3 is 0 Å². The van der Waals surface area contributed by atoms with Crippen LogP contribution in [0.5, 0.6) is 5.75 Å². The normalized spacial score (nSPS) is 10.6. The number of halogens is 1. The first kappa shape index (κ1) is 16.2. The lowest BCUT2D eigenvalue weighted by atomic mass is 10.3. The predicted molar refractivity (Wildman–Crippen MR) is 72.8 cm³/mol. The van der Waals surface area contributed by atoms with Gasteiger partial charge in [0, 0.05) is 18.9 Å². The van der Waals surface area contributed by atoms with Crippen molar-refractivity contribution in [1.82, 2.24) is 4.98 Å². The summed E-state index contributed by atoms with van der Waals surface area (Å²) in [6.07, 6.45) is 3.35. The third kappa shape index (κ3) is 7.32. The van der Waals surface area contributed by atoms with Crippen LogP contribution in [-0.2, 0) is 20.1 Å². The molecule has 0 saturated heterocycles. The van der Waals surface area contributed by atoms with Crippen LogP contribution < -0.4 is 4.74 Å². The van der Waals surface area contributed by atoms with Gasteiger partial charge in [0.2, 0.25) is 0 Å². The van der Waals surface area contributed by atoms with Crippen molar-refractivity contribution >= 4 is 11.6 Å². The number of hydrogen-bond donors (Lipinski definition) is 0. The number of methoxy groups -OCH3 is 1. The third-order valence-corrected chi connectivity index (χ3v) is 2.59. The number of aromatic nitrogens is 1. The van der Waals surface area contributed by atoms with E-state index in [0.717, 1.165) is 5.56 Å². The van der Waals surface area contributed by atoms with Crippen LogP contribution in [0.15, 0.2) is 18.5 Å². The second kappa shape index (κ2) is 11.0. The summed E-state index contributed by atoms with van der Waals surface area (Å²) in [5.74, 6) is 1.11. The average Bonchev–Trinajstić information content (AvgIpc) is 2.46. The highest BCUT2D eigenvalue weighted by molar-refractivity contribution is 6.17. The van der Waals surface area contributed by atoms with Gasteiger partial charge in [-0.05, 0) is 6.07 Å². The van der Waals surface area contributed by atoms with Crippen molar-refractivity contribution in [3.63, 3.8) is 0 Å². The number of alkyl halides is 1. The predicted octanol–water partition coefficient (Wildman–Crippen LogP) is 1.88. The Kier molecular flexibility index (Phi) is 9.36. The SMILES string of the molecule is COCCOCCOCCOc1cnccc1CCl. The van der Waals surface area contributed by atoms with Crippen molar-refractivity contribution < 1.29 is 18.9 Å². The largest absolute Gasteiger partial charge is 0.489 e. The molecule has 108 valence electrons. The summed E-state index contributed by atoms with van der Waals surface area (Å²) >= 11 is 5.79. The van der Waals surface area contributed by atoms with Gasteiger partial charge in [-0.1, -0.05) is 0 Å². The molecule has 1 rings (SSSR count). The zero-order valence-electron chi connectivity index (χ0n) is 11.1. The van der Waals surface area contributed by atoms with Gasteiger partial charge in [-0.2, -0.15) is 0 Å².